The highest BCUT2D eigenvalue weighted by Crippen LogP contribution is 2.20. The molecule has 0 amide bonds. The predicted octanol–water partition coefficient (Wildman–Crippen LogP) is 2.34. The number of hydrogen-bond acceptors (Lipinski definition) is 3. The van der Waals surface area contributed by atoms with Crippen LogP contribution in [0.15, 0.2) is 12.3 Å². The van der Waals surface area contributed by atoms with Gasteiger partial charge in [0.1, 0.15) is 17.4 Å². The third kappa shape index (κ3) is 1.57. The van der Waals surface area contributed by atoms with E-state index in [0.717, 1.165) is 17.8 Å². The Morgan fingerprint density at radius 1 is 1.60 bits per heavy atom. The largest absolute Gasteiger partial charge is 0.339 e. The summed E-state index contributed by atoms with van der Waals surface area (Å²) >= 11 is 0. The molecular weight excluding hydrogens is 188 g/mol. The van der Waals surface area contributed by atoms with Crippen molar-refractivity contribution < 1.29 is 0 Å². The average molecular weight is 200 g/mol. The molecule has 0 saturated carbocycles. The van der Waals surface area contributed by atoms with E-state index in [1.54, 1.807) is 12.3 Å². The fourth-order valence-corrected chi connectivity index (χ4v) is 1.45. The van der Waals surface area contributed by atoms with Gasteiger partial charge in [-0.15, -0.1) is 0 Å². The van der Waals surface area contributed by atoms with Crippen LogP contribution in [0.4, 0.5) is 0 Å². The summed E-state index contributed by atoms with van der Waals surface area (Å²) in [5.41, 5.74) is 1.97. The average Bonchev–Trinajstić information content (AvgIpc) is 2.71. The smallest absolute Gasteiger partial charge is 0.179 e. The highest BCUT2D eigenvalue weighted by molar-refractivity contribution is 5.77. The normalized spacial score (nSPS) is 12.6. The van der Waals surface area contributed by atoms with Gasteiger partial charge in [0.15, 0.2) is 5.65 Å². The highest BCUT2D eigenvalue weighted by Gasteiger charge is 2.11. The number of fused-ring (bicyclic) bond motifs is 1. The molecule has 2 aromatic rings. The number of rotatable bonds is 2. The van der Waals surface area contributed by atoms with E-state index in [1.807, 2.05) is 0 Å². The van der Waals surface area contributed by atoms with Crippen molar-refractivity contribution >= 4 is 11.2 Å². The maximum Gasteiger partial charge on any atom is 0.179 e. The van der Waals surface area contributed by atoms with Crippen molar-refractivity contribution in [3.63, 3.8) is 0 Å². The van der Waals surface area contributed by atoms with Crippen molar-refractivity contribution in [1.82, 2.24) is 15.0 Å². The summed E-state index contributed by atoms with van der Waals surface area (Å²) < 4.78 is 0. The molecule has 1 N–H and O–H groups in total. The van der Waals surface area contributed by atoms with Crippen LogP contribution in [0, 0.1) is 11.3 Å². The van der Waals surface area contributed by atoms with Gasteiger partial charge in [-0.3, -0.25) is 0 Å². The molecule has 1 unspecified atom stereocenters. The van der Waals surface area contributed by atoms with Crippen LogP contribution in [0.5, 0.6) is 0 Å². The van der Waals surface area contributed by atoms with E-state index in [-0.39, 0.29) is 0 Å². The van der Waals surface area contributed by atoms with Gasteiger partial charge in [0.2, 0.25) is 0 Å². The van der Waals surface area contributed by atoms with E-state index in [4.69, 9.17) is 5.26 Å². The summed E-state index contributed by atoms with van der Waals surface area (Å²) in [6, 6.07) is 3.82. The third-order valence-electron chi connectivity index (χ3n) is 2.61. The Labute approximate surface area is 88.0 Å². The molecule has 15 heavy (non-hydrogen) atoms. The molecule has 0 radical (unpaired) electrons. The van der Waals surface area contributed by atoms with Gasteiger partial charge in [0, 0.05) is 12.1 Å². The van der Waals surface area contributed by atoms with Gasteiger partial charge >= 0.3 is 0 Å². The zero-order chi connectivity index (χ0) is 10.8. The van der Waals surface area contributed by atoms with Crippen molar-refractivity contribution in [3.05, 3.63) is 23.7 Å². The maximum atomic E-state index is 8.92. The van der Waals surface area contributed by atoms with Gasteiger partial charge in [-0.05, 0) is 12.5 Å². The van der Waals surface area contributed by atoms with Crippen molar-refractivity contribution in [1.29, 1.82) is 5.26 Å². The Balaban J connectivity index is 2.61. The summed E-state index contributed by atoms with van der Waals surface area (Å²) in [7, 11) is 0. The molecule has 4 heteroatoms. The van der Waals surface area contributed by atoms with Crippen LogP contribution in [-0.2, 0) is 0 Å². The Morgan fingerprint density at radius 3 is 3.07 bits per heavy atom. The van der Waals surface area contributed by atoms with Crippen LogP contribution in [-0.4, -0.2) is 15.0 Å². The molecule has 0 saturated heterocycles. The zero-order valence-corrected chi connectivity index (χ0v) is 8.78. The molecule has 0 spiro atoms. The first kappa shape index (κ1) is 9.66. The first-order valence-corrected chi connectivity index (χ1v) is 5.01. The summed E-state index contributed by atoms with van der Waals surface area (Å²) in [6.45, 7) is 4.21. The van der Waals surface area contributed by atoms with Gasteiger partial charge in [0.25, 0.3) is 0 Å². The number of nitrogens with zero attached hydrogens (tertiary/aromatic N) is 3. The SMILES string of the molecule is CCC(C)c1nc2nccc(C#N)c2[nH]1. The van der Waals surface area contributed by atoms with Gasteiger partial charge in [-0.25, -0.2) is 9.97 Å². The molecule has 76 valence electrons. The second-order valence-corrected chi connectivity index (χ2v) is 3.60. The molecule has 2 aromatic heterocycles. The number of aromatic amines is 1. The molecule has 2 rings (SSSR count). The first-order chi connectivity index (χ1) is 7.26. The molecular formula is C11H12N4. The lowest BCUT2D eigenvalue weighted by Gasteiger charge is -2.01. The van der Waals surface area contributed by atoms with Crippen molar-refractivity contribution in [2.75, 3.05) is 0 Å². The Bertz CT molecular complexity index is 521. The van der Waals surface area contributed by atoms with Crippen molar-refractivity contribution in [3.8, 4) is 6.07 Å². The lowest BCUT2D eigenvalue weighted by Crippen LogP contribution is -1.93. The lowest BCUT2D eigenvalue weighted by atomic mass is 10.1. The minimum atomic E-state index is 0.366. The quantitative estimate of drug-likeness (QED) is 0.809. The van der Waals surface area contributed by atoms with Crippen molar-refractivity contribution in [2.45, 2.75) is 26.2 Å². The van der Waals surface area contributed by atoms with Gasteiger partial charge in [-0.2, -0.15) is 5.26 Å². The summed E-state index contributed by atoms with van der Waals surface area (Å²) in [5, 5.41) is 8.92. The fraction of sp³-hybridized carbons (Fsp3) is 0.364. The highest BCUT2D eigenvalue weighted by atomic mass is 15.0. The molecule has 0 aliphatic rings. The predicted molar refractivity (Wildman–Crippen MR) is 57.3 cm³/mol. The second-order valence-electron chi connectivity index (χ2n) is 3.60. The molecule has 0 aliphatic heterocycles. The molecule has 0 bridgehead atoms. The molecule has 0 aromatic carbocycles. The Hall–Kier alpha value is -1.89. The van der Waals surface area contributed by atoms with Crippen LogP contribution >= 0.6 is 0 Å². The molecule has 0 fully saturated rings. The number of imidazole rings is 1. The zero-order valence-electron chi connectivity index (χ0n) is 8.78. The van der Waals surface area contributed by atoms with E-state index < -0.39 is 0 Å². The van der Waals surface area contributed by atoms with Crippen LogP contribution in [0.3, 0.4) is 0 Å². The van der Waals surface area contributed by atoms with Gasteiger partial charge in [-0.1, -0.05) is 13.8 Å². The number of H-pyrrole nitrogens is 1. The fourth-order valence-electron chi connectivity index (χ4n) is 1.45. The minimum Gasteiger partial charge on any atom is -0.339 e. The third-order valence-corrected chi connectivity index (χ3v) is 2.61. The number of hydrogen-bond donors (Lipinski definition) is 1. The second kappa shape index (κ2) is 3.70. The van der Waals surface area contributed by atoms with Gasteiger partial charge < -0.3 is 4.98 Å². The van der Waals surface area contributed by atoms with E-state index in [9.17, 15) is 0 Å². The molecule has 0 aliphatic carbocycles. The molecule has 1 atom stereocenters. The molecule has 4 nitrogen and oxygen atoms in total. The van der Waals surface area contributed by atoms with Crippen LogP contribution in [0.1, 0.15) is 37.6 Å². The minimum absolute atomic E-state index is 0.366. The Kier molecular flexibility index (Phi) is 2.38. The number of pyridine rings is 1. The number of aromatic nitrogens is 3. The molecule has 2 heterocycles. The van der Waals surface area contributed by atoms with Crippen LogP contribution in [0.2, 0.25) is 0 Å². The monoisotopic (exact) mass is 200 g/mol. The van der Waals surface area contributed by atoms with E-state index in [2.05, 4.69) is 34.9 Å². The van der Waals surface area contributed by atoms with E-state index in [0.29, 0.717) is 17.1 Å². The van der Waals surface area contributed by atoms with Crippen LogP contribution in [0.25, 0.3) is 11.2 Å². The number of nitrogens with one attached hydrogen (secondary N) is 1. The maximum absolute atomic E-state index is 8.92. The van der Waals surface area contributed by atoms with Crippen LogP contribution < -0.4 is 0 Å². The Morgan fingerprint density at radius 2 is 2.40 bits per heavy atom. The lowest BCUT2D eigenvalue weighted by molar-refractivity contribution is 0.691. The summed E-state index contributed by atoms with van der Waals surface area (Å²) in [6.07, 6.45) is 2.63. The number of nitriles is 1. The topological polar surface area (TPSA) is 65.4 Å². The van der Waals surface area contributed by atoms with E-state index in [1.165, 1.54) is 0 Å². The van der Waals surface area contributed by atoms with Gasteiger partial charge in [0.05, 0.1) is 5.56 Å². The van der Waals surface area contributed by atoms with E-state index >= 15 is 0 Å². The van der Waals surface area contributed by atoms with Crippen molar-refractivity contribution in [2.24, 2.45) is 0 Å². The summed E-state index contributed by atoms with van der Waals surface area (Å²) in [4.78, 5) is 11.7. The summed E-state index contributed by atoms with van der Waals surface area (Å²) in [5.74, 6) is 1.27. The standard InChI is InChI=1S/C11H12N4/c1-3-7(2)10-14-9-8(6-12)4-5-13-11(9)15-10/h4-5,7H,3H2,1-2H3,(H,13,14,15). The first-order valence-electron chi connectivity index (χ1n) is 5.01.